The van der Waals surface area contributed by atoms with Gasteiger partial charge in [-0.2, -0.15) is 0 Å². The molecule has 1 atom stereocenters. The van der Waals surface area contributed by atoms with Crippen molar-refractivity contribution in [3.05, 3.63) is 172 Å². The average Bonchev–Trinajstić information content (AvgIpc) is 3.51. The van der Waals surface area contributed by atoms with Gasteiger partial charge in [-0.3, -0.25) is 14.4 Å². The number of anilines is 2. The van der Waals surface area contributed by atoms with Crippen molar-refractivity contribution in [2.75, 3.05) is 10.6 Å². The van der Waals surface area contributed by atoms with E-state index < -0.39 is 17.1 Å². The molecule has 6 rings (SSSR count). The third-order valence-electron chi connectivity index (χ3n) is 7.47. The van der Waals surface area contributed by atoms with Crippen LogP contribution < -0.4 is 16.0 Å². The quantitative estimate of drug-likeness (QED) is 0.0917. The lowest BCUT2D eigenvalue weighted by Gasteiger charge is -2.17. The summed E-state index contributed by atoms with van der Waals surface area (Å²) in [6.45, 7) is 1.99. The molecule has 248 valence electrons. The first-order valence-electron chi connectivity index (χ1n) is 15.6. The van der Waals surface area contributed by atoms with Gasteiger partial charge in [0.2, 0.25) is 5.91 Å². The van der Waals surface area contributed by atoms with Crippen molar-refractivity contribution >= 4 is 69.3 Å². The van der Waals surface area contributed by atoms with Gasteiger partial charge in [-0.1, -0.05) is 103 Å². The van der Waals surface area contributed by atoms with E-state index in [1.165, 1.54) is 23.1 Å². The highest BCUT2D eigenvalue weighted by Gasteiger charge is 2.24. The number of aryl methyl sites for hydroxylation is 1. The maximum Gasteiger partial charge on any atom is 0.272 e. The first-order valence-corrected chi connectivity index (χ1v) is 17.7. The molecule has 1 unspecified atom stereocenters. The van der Waals surface area contributed by atoms with Crippen molar-refractivity contribution in [2.45, 2.75) is 17.1 Å². The molecule has 0 aliphatic carbocycles. The summed E-state index contributed by atoms with van der Waals surface area (Å²) >= 11 is 9.00. The Bertz CT molecular complexity index is 2140. The Balaban J connectivity index is 1.18. The number of nitrogens with zero attached hydrogens (tertiary/aromatic N) is 1. The lowest BCUT2D eigenvalue weighted by Crippen LogP contribution is -2.30. The van der Waals surface area contributed by atoms with Crippen molar-refractivity contribution in [2.24, 2.45) is 0 Å². The molecular weight excluding hydrogens is 684 g/mol. The maximum atomic E-state index is 13.8. The van der Waals surface area contributed by atoms with E-state index in [9.17, 15) is 14.4 Å². The number of thioether (sulfide) groups is 1. The number of halogens is 1. The Morgan fingerprint density at radius 3 is 2.12 bits per heavy atom. The highest BCUT2D eigenvalue weighted by atomic mass is 35.5. The summed E-state index contributed by atoms with van der Waals surface area (Å²) < 4.78 is 0. The number of carbonyl (C=O) groups excluding carboxylic acids is 3. The number of amides is 3. The SMILES string of the molecule is Cc1sc(NC(=O)C(Sc2ccc(NC(=O)/C(=C/c3cccc(Cl)c3)NC(=O)c3ccccc3)cc2)c2ccccc2)nc1-c1ccccc1. The van der Waals surface area contributed by atoms with E-state index in [0.717, 1.165) is 26.6 Å². The minimum atomic E-state index is -0.568. The molecule has 5 aromatic carbocycles. The predicted molar refractivity (Wildman–Crippen MR) is 204 cm³/mol. The van der Waals surface area contributed by atoms with E-state index in [0.29, 0.717) is 27.0 Å². The zero-order valence-electron chi connectivity index (χ0n) is 26.8. The van der Waals surface area contributed by atoms with E-state index >= 15 is 0 Å². The number of rotatable bonds is 11. The molecule has 0 bridgehead atoms. The second-order valence-electron chi connectivity index (χ2n) is 11.1. The van der Waals surface area contributed by atoms with Gasteiger partial charge in [0, 0.05) is 31.6 Å². The maximum absolute atomic E-state index is 13.8. The van der Waals surface area contributed by atoms with Crippen LogP contribution in [-0.2, 0) is 9.59 Å². The molecule has 3 amide bonds. The molecule has 0 saturated heterocycles. The average molecular weight is 715 g/mol. The Kier molecular flexibility index (Phi) is 11.2. The van der Waals surface area contributed by atoms with Crippen LogP contribution in [0.2, 0.25) is 5.02 Å². The standard InChI is InChI=1S/C40H31ClN4O3S2/c1-26-35(28-13-5-2-6-14-28)44-40(49-26)45-39(48)36(29-15-7-3-8-16-29)50-33-22-20-32(21-23-33)42-38(47)34(25-27-12-11-19-31(41)24-27)43-37(46)30-17-9-4-10-18-30/h2-25,36H,1H3,(H,42,47)(H,43,46)(H,44,45,48)/b34-25-. The molecule has 0 radical (unpaired) electrons. The first-order chi connectivity index (χ1) is 24.3. The van der Waals surface area contributed by atoms with E-state index in [4.69, 9.17) is 16.6 Å². The first kappa shape index (κ1) is 34.4. The molecule has 7 nitrogen and oxygen atoms in total. The summed E-state index contributed by atoms with van der Waals surface area (Å²) in [6.07, 6.45) is 1.57. The molecule has 1 heterocycles. The number of hydrogen-bond acceptors (Lipinski definition) is 6. The summed E-state index contributed by atoms with van der Waals surface area (Å²) in [5.74, 6) is -1.13. The van der Waals surface area contributed by atoms with Gasteiger partial charge in [-0.05, 0) is 72.7 Å². The van der Waals surface area contributed by atoms with Crippen LogP contribution in [0.1, 0.15) is 31.6 Å². The lowest BCUT2D eigenvalue weighted by atomic mass is 10.1. The second-order valence-corrected chi connectivity index (χ2v) is 13.9. The van der Waals surface area contributed by atoms with Gasteiger partial charge < -0.3 is 16.0 Å². The zero-order valence-corrected chi connectivity index (χ0v) is 29.2. The molecular formula is C40H31ClN4O3S2. The highest BCUT2D eigenvalue weighted by molar-refractivity contribution is 8.00. The zero-order chi connectivity index (χ0) is 34.9. The molecule has 0 fully saturated rings. The fourth-order valence-corrected chi connectivity index (χ4v) is 7.10. The topological polar surface area (TPSA) is 100 Å². The smallest absolute Gasteiger partial charge is 0.272 e. The van der Waals surface area contributed by atoms with Crippen LogP contribution in [0, 0.1) is 6.92 Å². The summed E-state index contributed by atoms with van der Waals surface area (Å²) in [4.78, 5) is 46.8. The van der Waals surface area contributed by atoms with Gasteiger partial charge in [0.1, 0.15) is 10.9 Å². The van der Waals surface area contributed by atoms with E-state index in [1.807, 2.05) is 85.8 Å². The molecule has 3 N–H and O–H groups in total. The molecule has 50 heavy (non-hydrogen) atoms. The Morgan fingerprint density at radius 2 is 1.44 bits per heavy atom. The largest absolute Gasteiger partial charge is 0.321 e. The van der Waals surface area contributed by atoms with Crippen molar-refractivity contribution in [1.29, 1.82) is 0 Å². The molecule has 1 aromatic heterocycles. The van der Waals surface area contributed by atoms with Crippen LogP contribution in [-0.4, -0.2) is 22.7 Å². The normalized spacial score (nSPS) is 11.8. The van der Waals surface area contributed by atoms with Crippen LogP contribution >= 0.6 is 34.7 Å². The van der Waals surface area contributed by atoms with Gasteiger partial charge in [-0.25, -0.2) is 4.98 Å². The van der Waals surface area contributed by atoms with Crippen LogP contribution in [0.3, 0.4) is 0 Å². The fraction of sp³-hybridized carbons (Fsp3) is 0.0500. The number of nitrogens with one attached hydrogen (secondary N) is 3. The van der Waals surface area contributed by atoms with Crippen molar-refractivity contribution in [3.63, 3.8) is 0 Å². The molecule has 6 aromatic rings. The number of thiazole rings is 1. The number of benzene rings is 5. The van der Waals surface area contributed by atoms with Crippen LogP contribution in [0.5, 0.6) is 0 Å². The molecule has 0 aliphatic rings. The number of aromatic nitrogens is 1. The summed E-state index contributed by atoms with van der Waals surface area (Å²) in [6, 6.07) is 42.3. The third kappa shape index (κ3) is 8.95. The van der Waals surface area contributed by atoms with Crippen molar-refractivity contribution in [3.8, 4) is 11.3 Å². The molecule has 0 saturated carbocycles. The van der Waals surface area contributed by atoms with Crippen molar-refractivity contribution < 1.29 is 14.4 Å². The number of carbonyl (C=O) groups is 3. The van der Waals surface area contributed by atoms with Crippen LogP contribution in [0.25, 0.3) is 17.3 Å². The second kappa shape index (κ2) is 16.3. The Labute approximate surface area is 303 Å². The third-order valence-corrected chi connectivity index (χ3v) is 9.86. The summed E-state index contributed by atoms with van der Waals surface area (Å²) in [5.41, 5.74) is 4.31. The van der Waals surface area contributed by atoms with Gasteiger partial charge in [0.25, 0.3) is 11.8 Å². The van der Waals surface area contributed by atoms with Crippen LogP contribution in [0.15, 0.2) is 150 Å². The Morgan fingerprint density at radius 1 is 0.780 bits per heavy atom. The van der Waals surface area contributed by atoms with Gasteiger partial charge >= 0.3 is 0 Å². The van der Waals surface area contributed by atoms with E-state index in [-0.39, 0.29) is 11.6 Å². The van der Waals surface area contributed by atoms with Gasteiger partial charge in [0.15, 0.2) is 5.13 Å². The van der Waals surface area contributed by atoms with Crippen LogP contribution in [0.4, 0.5) is 10.8 Å². The highest BCUT2D eigenvalue weighted by Crippen LogP contribution is 2.38. The summed E-state index contributed by atoms with van der Waals surface area (Å²) in [7, 11) is 0. The summed E-state index contributed by atoms with van der Waals surface area (Å²) in [5, 5.41) is 9.11. The number of hydrogen-bond donors (Lipinski definition) is 3. The van der Waals surface area contributed by atoms with Gasteiger partial charge in [0.05, 0.1) is 5.69 Å². The van der Waals surface area contributed by atoms with E-state index in [1.54, 1.807) is 66.7 Å². The minimum absolute atomic E-state index is 0.0493. The molecule has 0 spiro atoms. The van der Waals surface area contributed by atoms with Gasteiger partial charge in [-0.15, -0.1) is 23.1 Å². The molecule has 10 heteroatoms. The predicted octanol–water partition coefficient (Wildman–Crippen LogP) is 9.65. The molecule has 0 aliphatic heterocycles. The van der Waals surface area contributed by atoms with Crippen molar-refractivity contribution in [1.82, 2.24) is 10.3 Å². The van der Waals surface area contributed by atoms with E-state index in [2.05, 4.69) is 16.0 Å². The lowest BCUT2D eigenvalue weighted by molar-refractivity contribution is -0.116. The fourth-order valence-electron chi connectivity index (χ4n) is 5.04. The minimum Gasteiger partial charge on any atom is -0.321 e. The Hall–Kier alpha value is -5.48. The monoisotopic (exact) mass is 714 g/mol.